The summed E-state index contributed by atoms with van der Waals surface area (Å²) in [6.45, 7) is 1.65. The third-order valence-corrected chi connectivity index (χ3v) is 4.93. The molecule has 4 rings (SSSR count). The Bertz CT molecular complexity index is 1170. The monoisotopic (exact) mass is 405 g/mol. The minimum absolute atomic E-state index is 0.192. The first-order chi connectivity index (χ1) is 13.3. The summed E-state index contributed by atoms with van der Waals surface area (Å²) in [4.78, 5) is 16.8. The van der Waals surface area contributed by atoms with Crippen LogP contribution in [0.3, 0.4) is 0 Å². The summed E-state index contributed by atoms with van der Waals surface area (Å²) >= 11 is 6.14. The number of allylic oxidation sites excluding steroid dienone is 4. The topological polar surface area (TPSA) is 50.2 Å². The van der Waals surface area contributed by atoms with Crippen molar-refractivity contribution in [2.75, 3.05) is 0 Å². The van der Waals surface area contributed by atoms with Crippen LogP contribution < -0.4 is 5.43 Å². The number of aryl methyl sites for hydroxylation is 1. The lowest BCUT2D eigenvalue weighted by Crippen LogP contribution is -2.18. The Kier molecular flexibility index (Phi) is 4.42. The van der Waals surface area contributed by atoms with Crippen LogP contribution >= 0.6 is 11.6 Å². The van der Waals surface area contributed by atoms with Crippen molar-refractivity contribution >= 4 is 22.8 Å². The van der Waals surface area contributed by atoms with E-state index in [9.17, 15) is 18.0 Å². The summed E-state index contributed by atoms with van der Waals surface area (Å²) in [6.07, 6.45) is 0.981. The average Bonchev–Trinajstić information content (AvgIpc) is 3.02. The molecule has 0 saturated heterocycles. The Labute approximate surface area is 163 Å². The van der Waals surface area contributed by atoms with Gasteiger partial charge in [-0.3, -0.25) is 9.89 Å². The minimum Gasteiger partial charge on any atom is -0.296 e. The van der Waals surface area contributed by atoms with Crippen LogP contribution in [0, 0.1) is 6.92 Å². The molecule has 0 amide bonds. The van der Waals surface area contributed by atoms with Crippen molar-refractivity contribution in [3.05, 3.63) is 75.7 Å². The van der Waals surface area contributed by atoms with Gasteiger partial charge >= 0.3 is 6.18 Å². The summed E-state index contributed by atoms with van der Waals surface area (Å²) in [5, 5.41) is 2.64. The first-order valence-corrected chi connectivity index (χ1v) is 9.00. The van der Waals surface area contributed by atoms with Gasteiger partial charge < -0.3 is 0 Å². The number of nitrogens with zero attached hydrogens (tertiary/aromatic N) is 2. The maximum Gasteiger partial charge on any atom is 0.435 e. The van der Waals surface area contributed by atoms with Crippen molar-refractivity contribution in [3.63, 3.8) is 0 Å². The van der Waals surface area contributed by atoms with E-state index >= 15 is 0 Å². The van der Waals surface area contributed by atoms with Gasteiger partial charge in [0.2, 0.25) is 11.1 Å². The Morgan fingerprint density at radius 3 is 2.61 bits per heavy atom. The maximum absolute atomic E-state index is 13.7. The van der Waals surface area contributed by atoms with Gasteiger partial charge in [-0.2, -0.15) is 13.2 Å². The predicted octanol–water partition coefficient (Wildman–Crippen LogP) is 4.97. The maximum atomic E-state index is 13.7. The summed E-state index contributed by atoms with van der Waals surface area (Å²) in [5.41, 5.74) is -0.416. The van der Waals surface area contributed by atoms with Crippen LogP contribution in [-0.2, 0) is 6.18 Å². The highest BCUT2D eigenvalue weighted by atomic mass is 35.5. The van der Waals surface area contributed by atoms with E-state index in [0.29, 0.717) is 28.8 Å². The molecule has 1 unspecified atom stereocenters. The van der Waals surface area contributed by atoms with Gasteiger partial charge in [-0.05, 0) is 18.9 Å². The molecular formula is C20H15ClF3N3O. The molecule has 1 aliphatic carbocycles. The summed E-state index contributed by atoms with van der Waals surface area (Å²) < 4.78 is 42.2. The molecule has 28 heavy (non-hydrogen) atoms. The van der Waals surface area contributed by atoms with Gasteiger partial charge in [0.1, 0.15) is 5.69 Å². The number of alkyl halides is 4. The van der Waals surface area contributed by atoms with Crippen molar-refractivity contribution in [1.29, 1.82) is 0 Å². The van der Waals surface area contributed by atoms with Crippen LogP contribution in [0.25, 0.3) is 22.5 Å². The molecule has 1 N–H and O–H groups in total. The van der Waals surface area contributed by atoms with Gasteiger partial charge in [0, 0.05) is 16.8 Å². The van der Waals surface area contributed by atoms with Crippen LogP contribution in [0.4, 0.5) is 13.2 Å². The molecule has 0 radical (unpaired) electrons. The summed E-state index contributed by atoms with van der Waals surface area (Å²) in [7, 11) is 0. The van der Waals surface area contributed by atoms with E-state index in [1.807, 2.05) is 0 Å². The molecular weight excluding hydrogens is 391 g/mol. The van der Waals surface area contributed by atoms with E-state index in [1.165, 1.54) is 0 Å². The lowest BCUT2D eigenvalue weighted by molar-refractivity contribution is -0.140. The fourth-order valence-corrected chi connectivity index (χ4v) is 3.71. The number of hydrogen-bond donors (Lipinski definition) is 1. The second kappa shape index (κ2) is 6.67. The standard InChI is InChI=1S/C20H15ClF3N3O/c1-11-15(13-8-5-9-14(21)10-13)17(28)19-25-18(20(22,23)24)16(27(19)26-11)12-6-3-2-4-7-12/h2-9,14,26H,10H2,1H3. The number of aromatic nitrogens is 3. The molecule has 2 aromatic heterocycles. The van der Waals surface area contributed by atoms with Gasteiger partial charge in [0.25, 0.3) is 0 Å². The largest absolute Gasteiger partial charge is 0.435 e. The highest BCUT2D eigenvalue weighted by Crippen LogP contribution is 2.37. The first-order valence-electron chi connectivity index (χ1n) is 8.57. The first kappa shape index (κ1) is 18.6. The lowest BCUT2D eigenvalue weighted by atomic mass is 9.96. The summed E-state index contributed by atoms with van der Waals surface area (Å²) in [6, 6.07) is 8.07. The van der Waals surface area contributed by atoms with Crippen molar-refractivity contribution in [1.82, 2.24) is 14.6 Å². The molecule has 4 nitrogen and oxygen atoms in total. The molecule has 0 spiro atoms. The lowest BCUT2D eigenvalue weighted by Gasteiger charge is -2.15. The quantitative estimate of drug-likeness (QED) is 0.612. The van der Waals surface area contributed by atoms with Crippen LogP contribution in [0.2, 0.25) is 0 Å². The van der Waals surface area contributed by atoms with E-state index in [-0.39, 0.29) is 16.7 Å². The fraction of sp³-hybridized carbons (Fsp3) is 0.200. The molecule has 1 aromatic carbocycles. The van der Waals surface area contributed by atoms with Crippen LogP contribution in [-0.4, -0.2) is 20.0 Å². The van der Waals surface area contributed by atoms with Crippen molar-refractivity contribution in [2.24, 2.45) is 0 Å². The number of halogens is 4. The molecule has 0 saturated carbocycles. The van der Waals surface area contributed by atoms with Gasteiger partial charge in [0.05, 0.1) is 5.38 Å². The zero-order chi connectivity index (χ0) is 20.1. The number of hydrogen-bond acceptors (Lipinski definition) is 2. The highest BCUT2D eigenvalue weighted by molar-refractivity contribution is 6.22. The third kappa shape index (κ3) is 3.05. The second-order valence-corrected chi connectivity index (χ2v) is 7.13. The fourth-order valence-electron chi connectivity index (χ4n) is 3.46. The van der Waals surface area contributed by atoms with E-state index < -0.39 is 17.3 Å². The normalized spacial score (nSPS) is 17.2. The Morgan fingerprint density at radius 1 is 1.25 bits per heavy atom. The third-order valence-electron chi connectivity index (χ3n) is 4.63. The molecule has 8 heteroatoms. The molecule has 0 aliphatic heterocycles. The number of rotatable bonds is 2. The number of fused-ring (bicyclic) bond motifs is 1. The molecule has 1 atom stereocenters. The van der Waals surface area contributed by atoms with Crippen molar-refractivity contribution in [3.8, 4) is 11.3 Å². The molecule has 3 aromatic rings. The predicted molar refractivity (Wildman–Crippen MR) is 102 cm³/mol. The van der Waals surface area contributed by atoms with E-state index in [2.05, 4.69) is 10.1 Å². The van der Waals surface area contributed by atoms with Crippen molar-refractivity contribution in [2.45, 2.75) is 24.9 Å². The summed E-state index contributed by atoms with van der Waals surface area (Å²) in [5.74, 6) is 0. The molecule has 0 fully saturated rings. The number of imidazole rings is 1. The van der Waals surface area contributed by atoms with E-state index in [1.54, 1.807) is 55.5 Å². The van der Waals surface area contributed by atoms with Gasteiger partial charge in [-0.15, -0.1) is 11.6 Å². The zero-order valence-electron chi connectivity index (χ0n) is 14.7. The Morgan fingerprint density at radius 2 is 1.96 bits per heavy atom. The average molecular weight is 406 g/mol. The van der Waals surface area contributed by atoms with Crippen molar-refractivity contribution < 1.29 is 13.2 Å². The minimum atomic E-state index is -4.71. The highest BCUT2D eigenvalue weighted by Gasteiger charge is 2.39. The van der Waals surface area contributed by atoms with Crippen LogP contribution in [0.1, 0.15) is 23.4 Å². The van der Waals surface area contributed by atoms with Gasteiger partial charge in [0.15, 0.2) is 5.69 Å². The molecule has 1 aliphatic rings. The number of aromatic amines is 1. The smallest absolute Gasteiger partial charge is 0.296 e. The van der Waals surface area contributed by atoms with Gasteiger partial charge in [-0.25, -0.2) is 9.50 Å². The van der Waals surface area contributed by atoms with Crippen LogP contribution in [0.15, 0.2) is 53.4 Å². The van der Waals surface area contributed by atoms with Gasteiger partial charge in [-0.1, -0.05) is 48.6 Å². The van der Waals surface area contributed by atoms with E-state index in [0.717, 1.165) is 4.52 Å². The number of H-pyrrole nitrogens is 1. The Hall–Kier alpha value is -2.80. The second-order valence-electron chi connectivity index (χ2n) is 6.57. The SMILES string of the molecule is Cc1[nH]n2c(-c3ccccc3)c(C(F)(F)F)nc2c(=O)c1C1=CC=CC(Cl)C1. The number of benzene rings is 1. The van der Waals surface area contributed by atoms with E-state index in [4.69, 9.17) is 11.6 Å². The number of nitrogens with one attached hydrogen (secondary N) is 1. The molecule has 0 bridgehead atoms. The Balaban J connectivity index is 2.05. The molecule has 2 heterocycles. The zero-order valence-corrected chi connectivity index (χ0v) is 15.5. The van der Waals surface area contributed by atoms with Crippen LogP contribution in [0.5, 0.6) is 0 Å². The molecule has 144 valence electrons.